The van der Waals surface area contributed by atoms with Crippen molar-refractivity contribution in [2.75, 3.05) is 13.2 Å². The standard InChI is InChI=1S/C23H24F3NO3/c1-13(2)21(15-5-8-19-20(11-15)30-10-9-29-19)27-22(28)18-12-17(18)14-3-6-16(7-4-14)23(24,25)26/h3-8,11,13,17-18,21H,9-10,12H2,1-2H3,(H,27,28). The average Bonchev–Trinajstić information content (AvgIpc) is 3.52. The number of amides is 1. The predicted molar refractivity (Wildman–Crippen MR) is 105 cm³/mol. The van der Waals surface area contributed by atoms with Crippen molar-refractivity contribution in [2.24, 2.45) is 11.8 Å². The fourth-order valence-corrected chi connectivity index (χ4v) is 3.92. The van der Waals surface area contributed by atoms with E-state index in [1.807, 2.05) is 32.0 Å². The van der Waals surface area contributed by atoms with Crippen LogP contribution >= 0.6 is 0 Å². The molecule has 1 aliphatic heterocycles. The molecule has 3 atom stereocenters. The molecule has 0 aromatic heterocycles. The number of carbonyl (C=O) groups excluding carboxylic acids is 1. The number of nitrogens with one attached hydrogen (secondary N) is 1. The smallest absolute Gasteiger partial charge is 0.416 e. The molecule has 3 unspecified atom stereocenters. The fraction of sp³-hybridized carbons (Fsp3) is 0.435. The van der Waals surface area contributed by atoms with Crippen LogP contribution in [-0.2, 0) is 11.0 Å². The van der Waals surface area contributed by atoms with Crippen molar-refractivity contribution in [3.63, 3.8) is 0 Å². The Labute approximate surface area is 173 Å². The van der Waals surface area contributed by atoms with Gasteiger partial charge in [-0.2, -0.15) is 13.2 Å². The molecule has 2 aliphatic rings. The van der Waals surface area contributed by atoms with Gasteiger partial charge >= 0.3 is 6.18 Å². The van der Waals surface area contributed by atoms with Crippen LogP contribution in [-0.4, -0.2) is 19.1 Å². The SMILES string of the molecule is CC(C)C(NC(=O)C1CC1c1ccc(C(F)(F)F)cc1)c1ccc2c(c1)OCCO2. The van der Waals surface area contributed by atoms with Crippen molar-refractivity contribution in [3.8, 4) is 11.5 Å². The molecule has 1 saturated carbocycles. The molecule has 1 aliphatic carbocycles. The molecule has 1 fully saturated rings. The van der Waals surface area contributed by atoms with Crippen LogP contribution < -0.4 is 14.8 Å². The predicted octanol–water partition coefficient (Wildman–Crippen LogP) is 5.09. The molecule has 7 heteroatoms. The highest BCUT2D eigenvalue weighted by molar-refractivity contribution is 5.83. The molecule has 4 rings (SSSR count). The Balaban J connectivity index is 1.43. The number of benzene rings is 2. The van der Waals surface area contributed by atoms with Crippen LogP contribution in [0.15, 0.2) is 42.5 Å². The minimum absolute atomic E-state index is 0.0413. The summed E-state index contributed by atoms with van der Waals surface area (Å²) >= 11 is 0. The number of hydrogen-bond donors (Lipinski definition) is 1. The first-order valence-corrected chi connectivity index (χ1v) is 10.1. The van der Waals surface area contributed by atoms with Crippen LogP contribution in [0.25, 0.3) is 0 Å². The van der Waals surface area contributed by atoms with Gasteiger partial charge in [0.2, 0.25) is 5.91 Å². The lowest BCUT2D eigenvalue weighted by Gasteiger charge is -2.25. The fourth-order valence-electron chi connectivity index (χ4n) is 3.92. The van der Waals surface area contributed by atoms with Crippen LogP contribution in [0.1, 0.15) is 48.9 Å². The largest absolute Gasteiger partial charge is 0.486 e. The Kier molecular flexibility index (Phi) is 5.38. The summed E-state index contributed by atoms with van der Waals surface area (Å²) in [6, 6.07) is 10.6. The lowest BCUT2D eigenvalue weighted by atomic mass is 9.95. The second kappa shape index (κ2) is 7.85. The second-order valence-electron chi connectivity index (χ2n) is 8.20. The zero-order chi connectivity index (χ0) is 21.5. The van der Waals surface area contributed by atoms with E-state index in [1.54, 1.807) is 0 Å². The topological polar surface area (TPSA) is 47.6 Å². The lowest BCUT2D eigenvalue weighted by molar-refractivity contribution is -0.137. The summed E-state index contributed by atoms with van der Waals surface area (Å²) in [6.45, 7) is 5.07. The molecule has 1 N–H and O–H groups in total. The third-order valence-electron chi connectivity index (χ3n) is 5.68. The number of alkyl halides is 3. The van der Waals surface area contributed by atoms with Crippen molar-refractivity contribution in [1.29, 1.82) is 0 Å². The van der Waals surface area contributed by atoms with Gasteiger partial charge in [-0.1, -0.05) is 32.0 Å². The molecule has 0 bridgehead atoms. The first-order valence-electron chi connectivity index (χ1n) is 10.1. The van der Waals surface area contributed by atoms with E-state index in [9.17, 15) is 18.0 Å². The van der Waals surface area contributed by atoms with Crippen LogP contribution in [0.5, 0.6) is 11.5 Å². The van der Waals surface area contributed by atoms with E-state index in [0.717, 1.165) is 23.3 Å². The molecule has 1 amide bonds. The number of fused-ring (bicyclic) bond motifs is 1. The Morgan fingerprint density at radius 3 is 2.33 bits per heavy atom. The number of rotatable bonds is 5. The Morgan fingerprint density at radius 1 is 1.03 bits per heavy atom. The van der Waals surface area contributed by atoms with Crippen molar-refractivity contribution >= 4 is 5.91 Å². The van der Waals surface area contributed by atoms with Gasteiger partial charge in [0.1, 0.15) is 13.2 Å². The summed E-state index contributed by atoms with van der Waals surface area (Å²) < 4.78 is 49.4. The molecule has 30 heavy (non-hydrogen) atoms. The minimum Gasteiger partial charge on any atom is -0.486 e. The zero-order valence-electron chi connectivity index (χ0n) is 16.8. The molecule has 1 heterocycles. The van der Waals surface area contributed by atoms with E-state index >= 15 is 0 Å². The van der Waals surface area contributed by atoms with E-state index in [0.29, 0.717) is 31.1 Å². The Hall–Kier alpha value is -2.70. The lowest BCUT2D eigenvalue weighted by Crippen LogP contribution is -2.33. The van der Waals surface area contributed by atoms with Crippen LogP contribution in [0.2, 0.25) is 0 Å². The molecule has 0 radical (unpaired) electrons. The van der Waals surface area contributed by atoms with E-state index in [-0.39, 0.29) is 29.7 Å². The number of carbonyl (C=O) groups is 1. The molecule has 0 saturated heterocycles. The van der Waals surface area contributed by atoms with Gasteiger partial charge in [0.05, 0.1) is 11.6 Å². The van der Waals surface area contributed by atoms with Crippen LogP contribution in [0.3, 0.4) is 0 Å². The maximum atomic E-state index is 12.8. The normalized spacial score (nSPS) is 21.3. The maximum absolute atomic E-state index is 12.8. The molecule has 4 nitrogen and oxygen atoms in total. The zero-order valence-corrected chi connectivity index (χ0v) is 16.8. The summed E-state index contributed by atoms with van der Waals surface area (Å²) in [5.41, 5.74) is 1.03. The van der Waals surface area contributed by atoms with Gasteiger partial charge in [-0.3, -0.25) is 4.79 Å². The molecular weight excluding hydrogens is 395 g/mol. The summed E-state index contributed by atoms with van der Waals surface area (Å²) in [6.07, 6.45) is -3.71. The molecule has 0 spiro atoms. The molecule has 160 valence electrons. The van der Waals surface area contributed by atoms with Gasteiger partial charge in [0.25, 0.3) is 0 Å². The van der Waals surface area contributed by atoms with Crippen LogP contribution in [0.4, 0.5) is 13.2 Å². The minimum atomic E-state index is -4.35. The van der Waals surface area contributed by atoms with Crippen molar-refractivity contribution in [2.45, 2.75) is 38.4 Å². The van der Waals surface area contributed by atoms with Gasteiger partial charge in [0.15, 0.2) is 11.5 Å². The van der Waals surface area contributed by atoms with Crippen molar-refractivity contribution < 1.29 is 27.4 Å². The van der Waals surface area contributed by atoms with E-state index in [4.69, 9.17) is 9.47 Å². The summed E-state index contributed by atoms with van der Waals surface area (Å²) in [5, 5.41) is 3.12. The highest BCUT2D eigenvalue weighted by Gasteiger charge is 2.45. The molecule has 2 aromatic rings. The van der Waals surface area contributed by atoms with Gasteiger partial charge in [-0.15, -0.1) is 0 Å². The Bertz CT molecular complexity index is 924. The number of ether oxygens (including phenoxy) is 2. The first-order chi connectivity index (χ1) is 14.2. The molecule has 2 aromatic carbocycles. The average molecular weight is 419 g/mol. The first kappa shape index (κ1) is 20.6. The van der Waals surface area contributed by atoms with E-state index < -0.39 is 11.7 Å². The van der Waals surface area contributed by atoms with Crippen LogP contribution in [0, 0.1) is 11.8 Å². The highest BCUT2D eigenvalue weighted by Crippen LogP contribution is 2.48. The van der Waals surface area contributed by atoms with E-state index in [1.165, 1.54) is 12.1 Å². The van der Waals surface area contributed by atoms with Gasteiger partial charge in [0, 0.05) is 5.92 Å². The maximum Gasteiger partial charge on any atom is 0.416 e. The Morgan fingerprint density at radius 2 is 1.70 bits per heavy atom. The van der Waals surface area contributed by atoms with Gasteiger partial charge in [-0.05, 0) is 53.6 Å². The van der Waals surface area contributed by atoms with E-state index in [2.05, 4.69) is 5.32 Å². The summed E-state index contributed by atoms with van der Waals surface area (Å²) in [7, 11) is 0. The van der Waals surface area contributed by atoms with Crippen molar-refractivity contribution in [1.82, 2.24) is 5.32 Å². The third-order valence-corrected chi connectivity index (χ3v) is 5.68. The third kappa shape index (κ3) is 4.25. The summed E-state index contributed by atoms with van der Waals surface area (Å²) in [4.78, 5) is 12.8. The van der Waals surface area contributed by atoms with Crippen molar-refractivity contribution in [3.05, 3.63) is 59.2 Å². The van der Waals surface area contributed by atoms with Gasteiger partial charge in [-0.25, -0.2) is 0 Å². The second-order valence-corrected chi connectivity index (χ2v) is 8.20. The summed E-state index contributed by atoms with van der Waals surface area (Å²) in [5.74, 6) is 1.19. The number of halogens is 3. The quantitative estimate of drug-likeness (QED) is 0.734. The monoisotopic (exact) mass is 419 g/mol. The highest BCUT2D eigenvalue weighted by atomic mass is 19.4. The number of hydrogen-bond acceptors (Lipinski definition) is 3. The molecular formula is C23H24F3NO3. The van der Waals surface area contributed by atoms with Gasteiger partial charge < -0.3 is 14.8 Å².